The average Bonchev–Trinajstić information content (AvgIpc) is 3.29. The first kappa shape index (κ1) is 32.1. The van der Waals surface area contributed by atoms with Crippen molar-refractivity contribution in [3.05, 3.63) is 75.7 Å². The molecule has 1 aliphatic rings. The third-order valence-corrected chi connectivity index (χ3v) is 8.71. The van der Waals surface area contributed by atoms with Crippen LogP contribution < -0.4 is 10.6 Å². The molecule has 228 valence electrons. The fourth-order valence-electron chi connectivity index (χ4n) is 4.50. The number of hydrogen-bond donors (Lipinski definition) is 2. The molecule has 2 N–H and O–H groups in total. The van der Waals surface area contributed by atoms with Gasteiger partial charge in [0.1, 0.15) is 10.6 Å². The number of fused-ring (bicyclic) bond motifs is 1. The number of amides is 3. The number of nitrogens with zero attached hydrogens (tertiary/aromatic N) is 1. The first-order valence-corrected chi connectivity index (χ1v) is 15.8. The van der Waals surface area contributed by atoms with Crippen LogP contribution in [0.4, 0.5) is 15.5 Å². The maximum absolute atomic E-state index is 13.3. The van der Waals surface area contributed by atoms with E-state index in [9.17, 15) is 19.2 Å². The van der Waals surface area contributed by atoms with Gasteiger partial charge in [-0.3, -0.25) is 9.59 Å². The maximum Gasteiger partial charge on any atom is 0.410 e. The summed E-state index contributed by atoms with van der Waals surface area (Å²) in [6.45, 7) is 11.8. The van der Waals surface area contributed by atoms with Crippen LogP contribution in [0.1, 0.15) is 71.3 Å². The highest BCUT2D eigenvalue weighted by atomic mass is 32.2. The summed E-state index contributed by atoms with van der Waals surface area (Å²) in [5.74, 6) is -0.999. The molecule has 0 spiro atoms. The van der Waals surface area contributed by atoms with Gasteiger partial charge in [-0.25, -0.2) is 9.59 Å². The number of aryl methyl sites for hydroxylation is 1. The Morgan fingerprint density at radius 3 is 2.51 bits per heavy atom. The number of anilines is 2. The van der Waals surface area contributed by atoms with Gasteiger partial charge in [0.25, 0.3) is 5.91 Å². The minimum atomic E-state index is -0.623. The van der Waals surface area contributed by atoms with E-state index in [-0.39, 0.29) is 25.0 Å². The molecule has 2 heterocycles. The molecule has 43 heavy (non-hydrogen) atoms. The zero-order valence-corrected chi connectivity index (χ0v) is 26.9. The van der Waals surface area contributed by atoms with E-state index in [1.54, 1.807) is 30.9 Å². The van der Waals surface area contributed by atoms with Crippen LogP contribution >= 0.6 is 23.1 Å². The highest BCUT2D eigenvalue weighted by molar-refractivity contribution is 8.00. The van der Waals surface area contributed by atoms with Crippen molar-refractivity contribution in [3.63, 3.8) is 0 Å². The number of carbonyl (C=O) groups excluding carboxylic acids is 4. The van der Waals surface area contributed by atoms with Gasteiger partial charge in [-0.05, 0) is 83.9 Å². The molecule has 1 unspecified atom stereocenters. The second kappa shape index (κ2) is 13.6. The normalized spacial score (nSPS) is 13.5. The van der Waals surface area contributed by atoms with E-state index in [4.69, 9.17) is 9.47 Å². The molecular weight excluding hydrogens is 587 g/mol. The summed E-state index contributed by atoms with van der Waals surface area (Å²) in [4.78, 5) is 54.9. The first-order chi connectivity index (χ1) is 20.3. The number of benzene rings is 2. The van der Waals surface area contributed by atoms with Crippen molar-refractivity contribution in [2.24, 2.45) is 0 Å². The largest absolute Gasteiger partial charge is 0.462 e. The van der Waals surface area contributed by atoms with E-state index in [0.717, 1.165) is 20.9 Å². The fraction of sp³-hybridized carbons (Fsp3) is 0.375. The van der Waals surface area contributed by atoms with Gasteiger partial charge in [-0.2, -0.15) is 0 Å². The van der Waals surface area contributed by atoms with Gasteiger partial charge in [0, 0.05) is 27.6 Å². The SMILES string of the molecule is CCOC(=O)c1c(NC(=O)C(C)Sc2cccc(NC(=O)c3cccc(C)c3)c2)sc2c1CCN(C(=O)OC(C)(C)C)C2. The zero-order valence-electron chi connectivity index (χ0n) is 25.2. The lowest BCUT2D eigenvalue weighted by Crippen LogP contribution is -2.39. The second-order valence-corrected chi connectivity index (χ2v) is 13.7. The number of ether oxygens (including phenoxy) is 2. The number of thioether (sulfide) groups is 1. The van der Waals surface area contributed by atoms with Gasteiger partial charge in [0.05, 0.1) is 24.0 Å². The summed E-state index contributed by atoms with van der Waals surface area (Å²) in [6, 6.07) is 14.7. The quantitative estimate of drug-likeness (QED) is 0.207. The third-order valence-electron chi connectivity index (χ3n) is 6.48. The summed E-state index contributed by atoms with van der Waals surface area (Å²) in [5.41, 5.74) is 2.69. The molecule has 0 fully saturated rings. The van der Waals surface area contributed by atoms with Crippen molar-refractivity contribution in [2.75, 3.05) is 23.8 Å². The molecule has 3 aromatic rings. The van der Waals surface area contributed by atoms with Crippen LogP contribution in [0.15, 0.2) is 53.4 Å². The highest BCUT2D eigenvalue weighted by Gasteiger charge is 2.33. The van der Waals surface area contributed by atoms with Crippen LogP contribution in [-0.2, 0) is 27.2 Å². The summed E-state index contributed by atoms with van der Waals surface area (Å²) < 4.78 is 10.9. The molecule has 9 nitrogen and oxygen atoms in total. The molecule has 2 aromatic carbocycles. The molecule has 1 aromatic heterocycles. The molecule has 0 aliphatic carbocycles. The zero-order chi connectivity index (χ0) is 31.3. The van der Waals surface area contributed by atoms with Gasteiger partial charge in [0.15, 0.2) is 0 Å². The van der Waals surface area contributed by atoms with Gasteiger partial charge in [-0.15, -0.1) is 23.1 Å². The number of rotatable bonds is 8. The highest BCUT2D eigenvalue weighted by Crippen LogP contribution is 2.39. The molecule has 0 saturated heterocycles. The Hall–Kier alpha value is -3.83. The van der Waals surface area contributed by atoms with Crippen molar-refractivity contribution in [2.45, 2.75) is 70.3 Å². The van der Waals surface area contributed by atoms with Crippen LogP contribution in [0.2, 0.25) is 0 Å². The molecule has 1 atom stereocenters. The second-order valence-electron chi connectivity index (χ2n) is 11.2. The Kier molecular flexibility index (Phi) is 10.2. The van der Waals surface area contributed by atoms with Gasteiger partial charge in [0.2, 0.25) is 5.91 Å². The molecule has 0 saturated carbocycles. The van der Waals surface area contributed by atoms with Crippen LogP contribution in [0.5, 0.6) is 0 Å². The van der Waals surface area contributed by atoms with E-state index in [0.29, 0.717) is 34.8 Å². The van der Waals surface area contributed by atoms with Crippen molar-refractivity contribution < 1.29 is 28.7 Å². The summed E-state index contributed by atoms with van der Waals surface area (Å²) in [6.07, 6.45) is 0.0256. The third kappa shape index (κ3) is 8.39. The lowest BCUT2D eigenvalue weighted by molar-refractivity contribution is -0.115. The molecule has 4 rings (SSSR count). The summed E-state index contributed by atoms with van der Waals surface area (Å²) in [7, 11) is 0. The molecule has 11 heteroatoms. The Labute approximate surface area is 260 Å². The van der Waals surface area contributed by atoms with E-state index in [2.05, 4.69) is 10.6 Å². The maximum atomic E-state index is 13.3. The minimum Gasteiger partial charge on any atom is -0.462 e. The Morgan fingerprint density at radius 2 is 1.81 bits per heavy atom. The lowest BCUT2D eigenvalue weighted by atomic mass is 10.0. The number of nitrogens with one attached hydrogen (secondary N) is 2. The van der Waals surface area contributed by atoms with Crippen molar-refractivity contribution in [3.8, 4) is 0 Å². The number of esters is 1. The molecule has 1 aliphatic heterocycles. The van der Waals surface area contributed by atoms with E-state index in [1.807, 2.05) is 64.1 Å². The Morgan fingerprint density at radius 1 is 1.07 bits per heavy atom. The average molecular weight is 624 g/mol. The lowest BCUT2D eigenvalue weighted by Gasteiger charge is -2.30. The molecule has 0 bridgehead atoms. The Balaban J connectivity index is 1.46. The van der Waals surface area contributed by atoms with Crippen LogP contribution in [0.25, 0.3) is 0 Å². The minimum absolute atomic E-state index is 0.198. The van der Waals surface area contributed by atoms with Gasteiger partial charge < -0.3 is 25.0 Å². The van der Waals surface area contributed by atoms with Crippen molar-refractivity contribution in [1.82, 2.24) is 4.90 Å². The van der Waals surface area contributed by atoms with Crippen LogP contribution in [-0.4, -0.2) is 52.8 Å². The predicted octanol–water partition coefficient (Wildman–Crippen LogP) is 6.90. The molecule has 3 amide bonds. The van der Waals surface area contributed by atoms with Crippen LogP contribution in [0.3, 0.4) is 0 Å². The van der Waals surface area contributed by atoms with E-state index in [1.165, 1.54) is 23.1 Å². The summed E-state index contributed by atoms with van der Waals surface area (Å²) in [5, 5.41) is 5.74. The topological polar surface area (TPSA) is 114 Å². The van der Waals surface area contributed by atoms with Gasteiger partial charge >= 0.3 is 12.1 Å². The predicted molar refractivity (Wildman–Crippen MR) is 170 cm³/mol. The van der Waals surface area contributed by atoms with E-state index >= 15 is 0 Å². The standard InChI is InChI=1S/C32H37N3O6S2/c1-7-40-30(38)26-24-14-15-35(31(39)41-32(4,5)6)18-25(24)43-29(26)34-27(36)20(3)42-23-13-9-12-22(17-23)33-28(37)21-11-8-10-19(2)16-21/h8-13,16-17,20H,7,14-15,18H2,1-6H3,(H,33,37)(H,34,36). The number of thiophene rings is 1. The number of carbonyl (C=O) groups is 4. The molecule has 0 radical (unpaired) electrons. The first-order valence-electron chi connectivity index (χ1n) is 14.1. The summed E-state index contributed by atoms with van der Waals surface area (Å²) >= 11 is 2.61. The fourth-order valence-corrected chi connectivity index (χ4v) is 6.68. The van der Waals surface area contributed by atoms with Crippen molar-refractivity contribution >= 4 is 57.7 Å². The smallest absolute Gasteiger partial charge is 0.410 e. The van der Waals surface area contributed by atoms with Crippen molar-refractivity contribution in [1.29, 1.82) is 0 Å². The Bertz CT molecular complexity index is 1530. The molecular formula is C32H37N3O6S2. The van der Waals surface area contributed by atoms with Crippen LogP contribution in [0, 0.1) is 6.92 Å². The van der Waals surface area contributed by atoms with Gasteiger partial charge in [-0.1, -0.05) is 23.8 Å². The number of hydrogen-bond acceptors (Lipinski definition) is 8. The van der Waals surface area contributed by atoms with E-state index < -0.39 is 22.9 Å². The monoisotopic (exact) mass is 623 g/mol.